The van der Waals surface area contributed by atoms with E-state index in [9.17, 15) is 9.90 Å². The van der Waals surface area contributed by atoms with E-state index in [1.54, 1.807) is 24.3 Å². The molecule has 1 amide bonds. The van der Waals surface area contributed by atoms with Crippen LogP contribution in [-0.2, 0) is 10.8 Å². The Hall–Kier alpha value is -3.33. The molecule has 34 heavy (non-hydrogen) atoms. The summed E-state index contributed by atoms with van der Waals surface area (Å²) in [7, 11) is 0. The minimum Gasteiger partial charge on any atom is -0.508 e. The molecule has 0 aromatic heterocycles. The van der Waals surface area contributed by atoms with Crippen LogP contribution in [0.3, 0.4) is 0 Å². The third-order valence-electron chi connectivity index (χ3n) is 7.24. The van der Waals surface area contributed by atoms with E-state index in [0.717, 1.165) is 12.0 Å². The van der Waals surface area contributed by atoms with Crippen molar-refractivity contribution in [3.05, 3.63) is 94.5 Å². The van der Waals surface area contributed by atoms with Crippen molar-refractivity contribution in [3.63, 3.8) is 0 Å². The molecule has 0 spiro atoms. The average molecular weight is 454 g/mol. The van der Waals surface area contributed by atoms with Crippen LogP contribution in [0.25, 0.3) is 11.6 Å². The summed E-state index contributed by atoms with van der Waals surface area (Å²) in [6.45, 7) is 11.6. The van der Waals surface area contributed by atoms with Crippen LogP contribution < -0.4 is 5.32 Å². The summed E-state index contributed by atoms with van der Waals surface area (Å²) in [6, 6.07) is 21.2. The van der Waals surface area contributed by atoms with Gasteiger partial charge in [0.1, 0.15) is 5.75 Å². The molecule has 1 aliphatic carbocycles. The van der Waals surface area contributed by atoms with Gasteiger partial charge in [0.05, 0.1) is 0 Å². The first kappa shape index (κ1) is 23.8. The normalized spacial score (nSPS) is 16.6. The molecule has 4 rings (SSSR count). The second-order valence-electron chi connectivity index (χ2n) is 10.7. The molecule has 2 N–H and O–H groups in total. The van der Waals surface area contributed by atoms with Gasteiger partial charge in [0, 0.05) is 11.3 Å². The Morgan fingerprint density at radius 3 is 2.06 bits per heavy atom. The lowest BCUT2D eigenvalue weighted by molar-refractivity contribution is 0.102. The lowest BCUT2D eigenvalue weighted by atomic mass is 9.63. The predicted octanol–water partition coefficient (Wildman–Crippen LogP) is 7.94. The number of amides is 1. The number of anilines is 1. The van der Waals surface area contributed by atoms with Gasteiger partial charge in [-0.25, -0.2) is 0 Å². The minimum atomic E-state index is -0.170. The van der Waals surface area contributed by atoms with Crippen molar-refractivity contribution in [3.8, 4) is 5.75 Å². The van der Waals surface area contributed by atoms with E-state index in [1.807, 2.05) is 24.3 Å². The second-order valence-corrected chi connectivity index (χ2v) is 10.7. The minimum absolute atomic E-state index is 0.170. The van der Waals surface area contributed by atoms with E-state index in [-0.39, 0.29) is 22.5 Å². The summed E-state index contributed by atoms with van der Waals surface area (Å²) in [5.41, 5.74) is 8.26. The van der Waals surface area contributed by atoms with Crippen LogP contribution in [0.2, 0.25) is 0 Å². The molecule has 176 valence electrons. The number of allylic oxidation sites excluding steroid dienone is 1. The fourth-order valence-electron chi connectivity index (χ4n) is 4.86. The van der Waals surface area contributed by atoms with Gasteiger partial charge in [-0.15, -0.1) is 0 Å². The Morgan fingerprint density at radius 2 is 1.44 bits per heavy atom. The first-order valence-corrected chi connectivity index (χ1v) is 12.2. The number of fused-ring (bicyclic) bond motifs is 1. The highest BCUT2D eigenvalue weighted by Gasteiger charge is 2.37. The fraction of sp³-hybridized carbons (Fsp3) is 0.323. The lowest BCUT2D eigenvalue weighted by Crippen LogP contribution is -2.33. The van der Waals surface area contributed by atoms with E-state index in [1.165, 1.54) is 35.1 Å². The van der Waals surface area contributed by atoms with Gasteiger partial charge in [-0.3, -0.25) is 4.79 Å². The Balaban J connectivity index is 1.57. The highest BCUT2D eigenvalue weighted by atomic mass is 16.3. The molecule has 0 atom stereocenters. The van der Waals surface area contributed by atoms with Crippen LogP contribution in [0, 0.1) is 0 Å². The summed E-state index contributed by atoms with van der Waals surface area (Å²) in [6.07, 6.45) is 5.58. The van der Waals surface area contributed by atoms with Gasteiger partial charge >= 0.3 is 0 Å². The van der Waals surface area contributed by atoms with Crippen LogP contribution in [0.15, 0.2) is 66.7 Å². The van der Waals surface area contributed by atoms with E-state index in [4.69, 9.17) is 0 Å². The zero-order valence-electron chi connectivity index (χ0n) is 20.9. The van der Waals surface area contributed by atoms with Crippen molar-refractivity contribution < 1.29 is 9.90 Å². The van der Waals surface area contributed by atoms with Gasteiger partial charge in [-0.2, -0.15) is 0 Å². The quantitative estimate of drug-likeness (QED) is 0.304. The molecule has 0 saturated heterocycles. The smallest absolute Gasteiger partial charge is 0.255 e. The van der Waals surface area contributed by atoms with E-state index in [0.29, 0.717) is 11.3 Å². The number of rotatable bonds is 5. The summed E-state index contributed by atoms with van der Waals surface area (Å²) < 4.78 is 0. The molecule has 0 aliphatic heterocycles. The predicted molar refractivity (Wildman–Crippen MR) is 142 cm³/mol. The summed E-state index contributed by atoms with van der Waals surface area (Å²) >= 11 is 0. The first-order valence-electron chi connectivity index (χ1n) is 12.2. The maximum Gasteiger partial charge on any atom is 0.255 e. The molecule has 0 saturated carbocycles. The van der Waals surface area contributed by atoms with E-state index in [2.05, 4.69) is 64.2 Å². The molecule has 3 aromatic carbocycles. The Labute approximate surface area is 203 Å². The summed E-state index contributed by atoms with van der Waals surface area (Å²) in [5, 5.41) is 12.3. The SMILES string of the molecule is CCC(=Cc1ccc(C(=O)Nc2ccc(O)cc2)cc1)c1ccc2c(c1)C(C)(C)CCC2(C)C. The van der Waals surface area contributed by atoms with Crippen molar-refractivity contribution in [1.82, 2.24) is 0 Å². The number of carbonyl (C=O) groups is 1. The van der Waals surface area contributed by atoms with Gasteiger partial charge < -0.3 is 10.4 Å². The maximum atomic E-state index is 12.6. The number of hydrogen-bond acceptors (Lipinski definition) is 2. The highest BCUT2D eigenvalue weighted by molar-refractivity contribution is 6.04. The molecular formula is C31H35NO2. The molecule has 3 heteroatoms. The Kier molecular flexibility index (Phi) is 6.40. The van der Waals surface area contributed by atoms with Gasteiger partial charge in [0.25, 0.3) is 5.91 Å². The largest absolute Gasteiger partial charge is 0.508 e. The highest BCUT2D eigenvalue weighted by Crippen LogP contribution is 2.46. The zero-order chi connectivity index (χ0) is 24.5. The first-order chi connectivity index (χ1) is 16.1. The Bertz CT molecular complexity index is 1220. The fourth-order valence-corrected chi connectivity index (χ4v) is 4.86. The van der Waals surface area contributed by atoms with Crippen LogP contribution in [0.1, 0.15) is 86.5 Å². The van der Waals surface area contributed by atoms with Gasteiger partial charge in [0.2, 0.25) is 0 Å². The second kappa shape index (κ2) is 9.13. The number of benzene rings is 3. The van der Waals surface area contributed by atoms with Crippen LogP contribution in [0.5, 0.6) is 5.75 Å². The maximum absolute atomic E-state index is 12.6. The van der Waals surface area contributed by atoms with Gasteiger partial charge in [-0.05, 0) is 94.3 Å². The number of nitrogens with one attached hydrogen (secondary N) is 1. The van der Waals surface area contributed by atoms with Crippen molar-refractivity contribution in [2.45, 2.75) is 64.7 Å². The van der Waals surface area contributed by atoms with Crippen molar-refractivity contribution in [1.29, 1.82) is 0 Å². The molecule has 0 unspecified atom stereocenters. The van der Waals surface area contributed by atoms with Crippen molar-refractivity contribution in [2.75, 3.05) is 5.32 Å². The van der Waals surface area contributed by atoms with Crippen LogP contribution in [0.4, 0.5) is 5.69 Å². The number of carbonyl (C=O) groups excluding carboxylic acids is 1. The van der Waals surface area contributed by atoms with E-state index < -0.39 is 0 Å². The van der Waals surface area contributed by atoms with E-state index >= 15 is 0 Å². The molecule has 0 bridgehead atoms. The van der Waals surface area contributed by atoms with Gasteiger partial charge in [0.15, 0.2) is 0 Å². The third-order valence-corrected chi connectivity index (χ3v) is 7.24. The molecular weight excluding hydrogens is 418 g/mol. The topological polar surface area (TPSA) is 49.3 Å². The van der Waals surface area contributed by atoms with Gasteiger partial charge in [-0.1, -0.05) is 71.0 Å². The number of phenolic OH excluding ortho intramolecular Hbond substituents is 1. The Morgan fingerprint density at radius 1 is 0.853 bits per heavy atom. The number of phenols is 1. The molecule has 0 radical (unpaired) electrons. The summed E-state index contributed by atoms with van der Waals surface area (Å²) in [4.78, 5) is 12.6. The standard InChI is InChI=1S/C31H35NO2/c1-6-22(24-11-16-27-28(20-24)31(4,5)18-17-30(27,2)3)19-21-7-9-23(10-8-21)29(34)32-25-12-14-26(33)15-13-25/h7-16,19-20,33H,6,17-18H2,1-5H3,(H,32,34). The lowest BCUT2D eigenvalue weighted by Gasteiger charge is -2.42. The number of hydrogen-bond donors (Lipinski definition) is 2. The number of aromatic hydroxyl groups is 1. The van der Waals surface area contributed by atoms with Crippen LogP contribution >= 0.6 is 0 Å². The third kappa shape index (κ3) is 4.94. The molecule has 3 aromatic rings. The molecule has 0 fully saturated rings. The molecule has 1 aliphatic rings. The molecule has 3 nitrogen and oxygen atoms in total. The van der Waals surface area contributed by atoms with Crippen LogP contribution in [-0.4, -0.2) is 11.0 Å². The summed E-state index contributed by atoms with van der Waals surface area (Å²) in [5.74, 6) is 0.00328. The van der Waals surface area contributed by atoms with Crippen molar-refractivity contribution >= 4 is 23.2 Å². The average Bonchev–Trinajstić information content (AvgIpc) is 2.82. The molecule has 0 heterocycles. The van der Waals surface area contributed by atoms with Crippen molar-refractivity contribution in [2.24, 2.45) is 0 Å². The monoisotopic (exact) mass is 453 g/mol. The zero-order valence-corrected chi connectivity index (χ0v) is 20.9.